The number of anilines is 1. The summed E-state index contributed by atoms with van der Waals surface area (Å²) in [5.74, 6) is 0.454. The van der Waals surface area contributed by atoms with E-state index in [2.05, 4.69) is 21.2 Å². The summed E-state index contributed by atoms with van der Waals surface area (Å²) in [6.45, 7) is 2.49. The van der Waals surface area contributed by atoms with Gasteiger partial charge in [-0.15, -0.1) is 0 Å². The van der Waals surface area contributed by atoms with Crippen molar-refractivity contribution in [3.8, 4) is 5.75 Å². The molecule has 2 aromatic carbocycles. The van der Waals surface area contributed by atoms with E-state index in [0.717, 1.165) is 0 Å². The lowest BCUT2D eigenvalue weighted by atomic mass is 10.2. The van der Waals surface area contributed by atoms with Crippen molar-refractivity contribution in [1.82, 2.24) is 0 Å². The quantitative estimate of drug-likeness (QED) is 0.860. The van der Waals surface area contributed by atoms with E-state index >= 15 is 0 Å². The minimum atomic E-state index is -0.259. The molecular weight excluding hydrogens is 342 g/mol. The Morgan fingerprint density at radius 1 is 1.30 bits per heavy atom. The van der Waals surface area contributed by atoms with E-state index in [1.165, 1.54) is 0 Å². The lowest BCUT2D eigenvalue weighted by Gasteiger charge is -2.09. The lowest BCUT2D eigenvalue weighted by molar-refractivity contribution is 0.102. The molecule has 0 aliphatic rings. The minimum absolute atomic E-state index is 0.259. The number of hydrogen-bond donors (Lipinski definition) is 1. The monoisotopic (exact) mass is 353 g/mol. The van der Waals surface area contributed by atoms with Crippen molar-refractivity contribution in [2.45, 2.75) is 6.92 Å². The molecule has 2 aromatic rings. The van der Waals surface area contributed by atoms with E-state index in [9.17, 15) is 4.79 Å². The molecule has 0 saturated heterocycles. The van der Waals surface area contributed by atoms with Gasteiger partial charge in [0.25, 0.3) is 5.91 Å². The number of amides is 1. The van der Waals surface area contributed by atoms with Gasteiger partial charge in [0.05, 0.1) is 17.2 Å². The summed E-state index contributed by atoms with van der Waals surface area (Å²) in [5.41, 5.74) is 1.08. The fourth-order valence-electron chi connectivity index (χ4n) is 1.71. The normalized spacial score (nSPS) is 10.2. The first kappa shape index (κ1) is 14.9. The third-order valence-corrected chi connectivity index (χ3v) is 3.90. The zero-order valence-electron chi connectivity index (χ0n) is 10.8. The van der Waals surface area contributed by atoms with Gasteiger partial charge in [0.1, 0.15) is 5.75 Å². The maximum Gasteiger partial charge on any atom is 0.257 e. The number of nitrogens with one attached hydrogen (secondary N) is 1. The van der Waals surface area contributed by atoms with Crippen molar-refractivity contribution in [3.63, 3.8) is 0 Å². The molecule has 0 atom stereocenters. The average Bonchev–Trinajstić information content (AvgIpc) is 2.42. The predicted octanol–water partition coefficient (Wildman–Crippen LogP) is 4.75. The number of rotatable bonds is 4. The number of hydrogen-bond acceptors (Lipinski definition) is 2. The van der Waals surface area contributed by atoms with Crippen LogP contribution in [0.1, 0.15) is 17.3 Å². The molecule has 5 heteroatoms. The summed E-state index contributed by atoms with van der Waals surface area (Å²) in [5, 5.41) is 3.20. The number of benzene rings is 2. The van der Waals surface area contributed by atoms with Crippen LogP contribution in [0.25, 0.3) is 0 Å². The van der Waals surface area contributed by atoms with Gasteiger partial charge in [-0.1, -0.05) is 23.7 Å². The lowest BCUT2D eigenvalue weighted by Crippen LogP contribution is -2.12. The van der Waals surface area contributed by atoms with Crippen LogP contribution in [0.15, 0.2) is 46.9 Å². The molecule has 0 spiro atoms. The van der Waals surface area contributed by atoms with E-state index in [-0.39, 0.29) is 5.91 Å². The highest BCUT2D eigenvalue weighted by atomic mass is 79.9. The molecule has 0 fully saturated rings. The first-order chi connectivity index (χ1) is 9.61. The predicted molar refractivity (Wildman–Crippen MR) is 84.7 cm³/mol. The molecule has 0 aliphatic heterocycles. The van der Waals surface area contributed by atoms with Gasteiger partial charge >= 0.3 is 0 Å². The fraction of sp³-hybridized carbons (Fsp3) is 0.133. The van der Waals surface area contributed by atoms with Gasteiger partial charge in [0.15, 0.2) is 0 Å². The number of carbonyl (C=O) groups excluding carboxylic acids is 1. The molecule has 104 valence electrons. The van der Waals surface area contributed by atoms with Crippen molar-refractivity contribution in [1.29, 1.82) is 0 Å². The summed E-state index contributed by atoms with van der Waals surface area (Å²) in [6.07, 6.45) is 0. The van der Waals surface area contributed by atoms with Gasteiger partial charge < -0.3 is 10.1 Å². The molecule has 0 radical (unpaired) electrons. The first-order valence-corrected chi connectivity index (χ1v) is 7.27. The molecule has 0 unspecified atom stereocenters. The van der Waals surface area contributed by atoms with E-state index in [1.54, 1.807) is 30.3 Å². The Bertz CT molecular complexity index is 631. The molecule has 3 nitrogen and oxygen atoms in total. The van der Waals surface area contributed by atoms with Crippen molar-refractivity contribution in [2.24, 2.45) is 0 Å². The van der Waals surface area contributed by atoms with Crippen molar-refractivity contribution >= 4 is 39.1 Å². The Kier molecular flexibility index (Phi) is 5.04. The summed E-state index contributed by atoms with van der Waals surface area (Å²) in [7, 11) is 0. The number of carbonyl (C=O) groups is 1. The zero-order valence-corrected chi connectivity index (χ0v) is 13.2. The Balaban J connectivity index is 2.19. The summed E-state index contributed by atoms with van der Waals surface area (Å²) < 4.78 is 6.08. The smallest absolute Gasteiger partial charge is 0.257 e. The van der Waals surface area contributed by atoms with Gasteiger partial charge in [-0.25, -0.2) is 0 Å². The van der Waals surface area contributed by atoms with Crippen LogP contribution < -0.4 is 10.1 Å². The molecule has 0 heterocycles. The summed E-state index contributed by atoms with van der Waals surface area (Å²) in [4.78, 5) is 12.2. The molecule has 1 amide bonds. The second-order valence-corrected chi connectivity index (χ2v) is 5.25. The van der Waals surface area contributed by atoms with Crippen LogP contribution >= 0.6 is 27.5 Å². The summed E-state index contributed by atoms with van der Waals surface area (Å²) in [6, 6.07) is 12.5. The summed E-state index contributed by atoms with van der Waals surface area (Å²) >= 11 is 9.40. The van der Waals surface area contributed by atoms with Gasteiger partial charge in [0.2, 0.25) is 0 Å². The Morgan fingerprint density at radius 2 is 2.05 bits per heavy atom. The van der Waals surface area contributed by atoms with Gasteiger partial charge in [-0.3, -0.25) is 4.79 Å². The van der Waals surface area contributed by atoms with Gasteiger partial charge in [0, 0.05) is 16.2 Å². The third kappa shape index (κ3) is 3.52. The highest BCUT2D eigenvalue weighted by Crippen LogP contribution is 2.27. The van der Waals surface area contributed by atoms with Crippen molar-refractivity contribution in [2.75, 3.05) is 11.9 Å². The third-order valence-electron chi connectivity index (χ3n) is 2.60. The zero-order chi connectivity index (χ0) is 14.5. The molecule has 2 rings (SSSR count). The maximum absolute atomic E-state index is 12.2. The van der Waals surface area contributed by atoms with Crippen molar-refractivity contribution < 1.29 is 9.53 Å². The topological polar surface area (TPSA) is 38.3 Å². The van der Waals surface area contributed by atoms with Crippen molar-refractivity contribution in [3.05, 3.63) is 57.5 Å². The minimum Gasteiger partial charge on any atom is -0.494 e. The van der Waals surface area contributed by atoms with E-state index in [0.29, 0.717) is 33.1 Å². The highest BCUT2D eigenvalue weighted by Gasteiger charge is 2.12. The SMILES string of the molecule is CCOc1cccc(NC(=O)c2cccc(Br)c2Cl)c1. The first-order valence-electron chi connectivity index (χ1n) is 6.10. The van der Waals surface area contributed by atoms with E-state index in [1.807, 2.05) is 19.1 Å². The Labute approximate surface area is 131 Å². The second kappa shape index (κ2) is 6.77. The van der Waals surface area contributed by atoms with E-state index in [4.69, 9.17) is 16.3 Å². The Hall–Kier alpha value is -1.52. The van der Waals surface area contributed by atoms with Crippen LogP contribution in [0, 0.1) is 0 Å². The second-order valence-electron chi connectivity index (χ2n) is 4.02. The van der Waals surface area contributed by atoms with Crippen LogP contribution in [-0.4, -0.2) is 12.5 Å². The molecule has 0 bridgehead atoms. The van der Waals surface area contributed by atoms with E-state index < -0.39 is 0 Å². The molecule has 1 N–H and O–H groups in total. The maximum atomic E-state index is 12.2. The molecule has 0 saturated carbocycles. The fourth-order valence-corrected chi connectivity index (χ4v) is 2.29. The molecule has 0 aliphatic carbocycles. The van der Waals surface area contributed by atoms with Crippen LogP contribution in [-0.2, 0) is 0 Å². The molecule has 20 heavy (non-hydrogen) atoms. The Morgan fingerprint density at radius 3 is 2.80 bits per heavy atom. The molecule has 0 aromatic heterocycles. The number of halogens is 2. The van der Waals surface area contributed by atoms with Crippen LogP contribution in [0.3, 0.4) is 0 Å². The molecular formula is C15H13BrClNO2. The largest absolute Gasteiger partial charge is 0.494 e. The van der Waals surface area contributed by atoms with Gasteiger partial charge in [-0.05, 0) is 47.1 Å². The van der Waals surface area contributed by atoms with Crippen LogP contribution in [0.2, 0.25) is 5.02 Å². The number of ether oxygens (including phenoxy) is 1. The van der Waals surface area contributed by atoms with Crippen LogP contribution in [0.5, 0.6) is 5.75 Å². The van der Waals surface area contributed by atoms with Gasteiger partial charge in [-0.2, -0.15) is 0 Å². The highest BCUT2D eigenvalue weighted by molar-refractivity contribution is 9.10. The van der Waals surface area contributed by atoms with Crippen LogP contribution in [0.4, 0.5) is 5.69 Å². The standard InChI is InChI=1S/C15H13BrClNO2/c1-2-20-11-6-3-5-10(9-11)18-15(19)12-7-4-8-13(16)14(12)17/h3-9H,2H2,1H3,(H,18,19). The average molecular weight is 355 g/mol.